The summed E-state index contributed by atoms with van der Waals surface area (Å²) < 4.78 is 17.4. The average molecular weight is 220 g/mol. The van der Waals surface area contributed by atoms with Gasteiger partial charge in [-0.3, -0.25) is 0 Å². The Bertz CT molecular complexity index is 232. The number of nitrogens with zero attached hydrogens (tertiary/aromatic N) is 1. The molecule has 60 valence electrons. The first-order valence-electron chi connectivity index (χ1n) is 3.02. The van der Waals surface area contributed by atoms with Gasteiger partial charge in [0.1, 0.15) is 5.82 Å². The van der Waals surface area contributed by atoms with Crippen LogP contribution in [0, 0.1) is 5.82 Å². The lowest BCUT2D eigenvalue weighted by molar-refractivity contribution is 0.393. The third kappa shape index (κ3) is 2.15. The molecule has 0 aromatic carbocycles. The second-order valence-corrected chi connectivity index (χ2v) is 2.51. The van der Waals surface area contributed by atoms with Crippen LogP contribution >= 0.6 is 15.9 Å². The van der Waals surface area contributed by atoms with Crippen LogP contribution in [0.2, 0.25) is 0 Å². The number of hydrogen-bond donors (Lipinski definition) is 0. The molecule has 0 saturated heterocycles. The summed E-state index contributed by atoms with van der Waals surface area (Å²) in [5.41, 5.74) is 0.627. The summed E-state index contributed by atoms with van der Waals surface area (Å²) in [5, 5.41) is 0.529. The molecular weight excluding hydrogens is 213 g/mol. The number of aromatic nitrogens is 1. The fourth-order valence-electron chi connectivity index (χ4n) is 0.698. The van der Waals surface area contributed by atoms with Gasteiger partial charge < -0.3 is 4.74 Å². The summed E-state index contributed by atoms with van der Waals surface area (Å²) in [6.07, 6.45) is 0. The molecule has 1 rings (SSSR count). The molecule has 1 aromatic rings. The molecular formula is C7H7BrFNO. The van der Waals surface area contributed by atoms with Gasteiger partial charge in [0.15, 0.2) is 0 Å². The molecule has 0 fully saturated rings. The summed E-state index contributed by atoms with van der Waals surface area (Å²) >= 11 is 3.17. The van der Waals surface area contributed by atoms with Crippen LogP contribution in [0.1, 0.15) is 5.69 Å². The Morgan fingerprint density at radius 2 is 2.36 bits per heavy atom. The van der Waals surface area contributed by atoms with Gasteiger partial charge in [0, 0.05) is 11.4 Å². The Morgan fingerprint density at radius 1 is 1.64 bits per heavy atom. The number of pyridine rings is 1. The van der Waals surface area contributed by atoms with E-state index in [-0.39, 0.29) is 5.82 Å². The molecule has 0 saturated carbocycles. The van der Waals surface area contributed by atoms with Crippen LogP contribution in [-0.2, 0) is 5.33 Å². The molecule has 0 unspecified atom stereocenters. The first-order chi connectivity index (χ1) is 5.26. The normalized spacial score (nSPS) is 9.73. The monoisotopic (exact) mass is 219 g/mol. The molecule has 0 aliphatic rings. The standard InChI is InChI=1S/C7H7BrFNO/c1-11-7-3-5(9)2-6(4-8)10-7/h2-3H,4H2,1H3. The van der Waals surface area contributed by atoms with Gasteiger partial charge in [-0.15, -0.1) is 0 Å². The maximum absolute atomic E-state index is 12.7. The van der Waals surface area contributed by atoms with Gasteiger partial charge in [-0.05, 0) is 6.07 Å². The molecule has 0 aliphatic heterocycles. The number of hydrogen-bond acceptors (Lipinski definition) is 2. The molecule has 0 aliphatic carbocycles. The molecule has 11 heavy (non-hydrogen) atoms. The largest absolute Gasteiger partial charge is 0.481 e. The number of methoxy groups -OCH3 is 1. The number of alkyl halides is 1. The van der Waals surface area contributed by atoms with E-state index < -0.39 is 0 Å². The molecule has 0 radical (unpaired) electrons. The third-order valence-corrected chi connectivity index (χ3v) is 1.74. The summed E-state index contributed by atoms with van der Waals surface area (Å²) in [6.45, 7) is 0. The summed E-state index contributed by atoms with van der Waals surface area (Å²) in [6, 6.07) is 2.60. The van der Waals surface area contributed by atoms with E-state index in [9.17, 15) is 4.39 Å². The highest BCUT2D eigenvalue weighted by atomic mass is 79.9. The molecule has 1 aromatic heterocycles. The van der Waals surface area contributed by atoms with Crippen LogP contribution in [0.15, 0.2) is 12.1 Å². The lowest BCUT2D eigenvalue weighted by Gasteiger charge is -2.00. The predicted molar refractivity (Wildman–Crippen MR) is 43.4 cm³/mol. The Kier molecular flexibility index (Phi) is 2.82. The van der Waals surface area contributed by atoms with Crippen molar-refractivity contribution in [2.24, 2.45) is 0 Å². The van der Waals surface area contributed by atoms with Gasteiger partial charge in [0.05, 0.1) is 12.8 Å². The zero-order valence-corrected chi connectivity index (χ0v) is 7.56. The lowest BCUT2D eigenvalue weighted by Crippen LogP contribution is -1.92. The van der Waals surface area contributed by atoms with E-state index in [1.165, 1.54) is 19.2 Å². The van der Waals surface area contributed by atoms with Crippen molar-refractivity contribution in [1.82, 2.24) is 4.98 Å². The van der Waals surface area contributed by atoms with Crippen molar-refractivity contribution in [2.75, 3.05) is 7.11 Å². The van der Waals surface area contributed by atoms with Crippen molar-refractivity contribution in [2.45, 2.75) is 5.33 Å². The van der Waals surface area contributed by atoms with Gasteiger partial charge in [-0.1, -0.05) is 15.9 Å². The van der Waals surface area contributed by atoms with Crippen LogP contribution in [0.5, 0.6) is 5.88 Å². The van der Waals surface area contributed by atoms with E-state index in [1.807, 2.05) is 0 Å². The second kappa shape index (κ2) is 3.67. The third-order valence-electron chi connectivity index (χ3n) is 1.17. The molecule has 0 atom stereocenters. The Hall–Kier alpha value is -0.640. The van der Waals surface area contributed by atoms with Crippen LogP contribution in [0.4, 0.5) is 4.39 Å². The fraction of sp³-hybridized carbons (Fsp3) is 0.286. The van der Waals surface area contributed by atoms with Crippen molar-refractivity contribution in [1.29, 1.82) is 0 Å². The van der Waals surface area contributed by atoms with Crippen LogP contribution in [0.25, 0.3) is 0 Å². The van der Waals surface area contributed by atoms with Crippen LogP contribution in [-0.4, -0.2) is 12.1 Å². The van der Waals surface area contributed by atoms with Crippen molar-refractivity contribution in [3.63, 3.8) is 0 Å². The maximum atomic E-state index is 12.7. The minimum Gasteiger partial charge on any atom is -0.481 e. The molecule has 0 bridgehead atoms. The topological polar surface area (TPSA) is 22.1 Å². The fourth-order valence-corrected chi connectivity index (χ4v) is 0.985. The summed E-state index contributed by atoms with van der Waals surface area (Å²) in [5.74, 6) is -0.0225. The van der Waals surface area contributed by atoms with Gasteiger partial charge in [-0.2, -0.15) is 0 Å². The van der Waals surface area contributed by atoms with E-state index in [0.717, 1.165) is 0 Å². The average Bonchev–Trinajstić information content (AvgIpc) is 2.03. The van der Waals surface area contributed by atoms with Gasteiger partial charge >= 0.3 is 0 Å². The van der Waals surface area contributed by atoms with Crippen LogP contribution < -0.4 is 4.74 Å². The Labute approximate surface area is 72.5 Å². The summed E-state index contributed by atoms with van der Waals surface area (Å²) in [7, 11) is 1.46. The second-order valence-electron chi connectivity index (χ2n) is 1.95. The lowest BCUT2D eigenvalue weighted by atomic mass is 10.4. The Morgan fingerprint density at radius 3 is 2.91 bits per heavy atom. The van der Waals surface area contributed by atoms with Crippen molar-refractivity contribution in [3.8, 4) is 5.88 Å². The van der Waals surface area contributed by atoms with E-state index in [0.29, 0.717) is 16.9 Å². The van der Waals surface area contributed by atoms with Crippen molar-refractivity contribution in [3.05, 3.63) is 23.6 Å². The zero-order chi connectivity index (χ0) is 8.27. The molecule has 4 heteroatoms. The van der Waals surface area contributed by atoms with Crippen LogP contribution in [0.3, 0.4) is 0 Å². The quantitative estimate of drug-likeness (QED) is 0.712. The number of rotatable bonds is 2. The number of ether oxygens (including phenoxy) is 1. The number of halogens is 2. The smallest absolute Gasteiger partial charge is 0.216 e. The first kappa shape index (κ1) is 8.46. The summed E-state index contributed by atoms with van der Waals surface area (Å²) in [4.78, 5) is 3.96. The van der Waals surface area contributed by atoms with Crippen molar-refractivity contribution < 1.29 is 9.13 Å². The maximum Gasteiger partial charge on any atom is 0.216 e. The molecule has 0 amide bonds. The highest BCUT2D eigenvalue weighted by Gasteiger charge is 2.00. The first-order valence-corrected chi connectivity index (χ1v) is 4.15. The highest BCUT2D eigenvalue weighted by Crippen LogP contribution is 2.12. The molecule has 0 N–H and O–H groups in total. The molecule has 0 spiro atoms. The predicted octanol–water partition coefficient (Wildman–Crippen LogP) is 2.12. The van der Waals surface area contributed by atoms with E-state index in [2.05, 4.69) is 20.9 Å². The van der Waals surface area contributed by atoms with Gasteiger partial charge in [-0.25, -0.2) is 9.37 Å². The molecule has 1 heterocycles. The van der Waals surface area contributed by atoms with Gasteiger partial charge in [0.25, 0.3) is 0 Å². The zero-order valence-electron chi connectivity index (χ0n) is 5.97. The molecule has 2 nitrogen and oxygen atoms in total. The minimum absolute atomic E-state index is 0.305. The van der Waals surface area contributed by atoms with Crippen molar-refractivity contribution >= 4 is 15.9 Å². The Balaban J connectivity index is 3.02. The van der Waals surface area contributed by atoms with E-state index >= 15 is 0 Å². The van der Waals surface area contributed by atoms with E-state index in [4.69, 9.17) is 4.74 Å². The van der Waals surface area contributed by atoms with Gasteiger partial charge in [0.2, 0.25) is 5.88 Å². The minimum atomic E-state index is -0.327. The highest BCUT2D eigenvalue weighted by molar-refractivity contribution is 9.08. The SMILES string of the molecule is COc1cc(F)cc(CBr)n1. The van der Waals surface area contributed by atoms with E-state index in [1.54, 1.807) is 0 Å².